The molecule has 19 heavy (non-hydrogen) atoms. The lowest BCUT2D eigenvalue weighted by Gasteiger charge is -2.22. The molecule has 1 fully saturated rings. The van der Waals surface area contributed by atoms with Gasteiger partial charge in [0.2, 0.25) is 11.8 Å². The third kappa shape index (κ3) is 3.68. The predicted molar refractivity (Wildman–Crippen MR) is 72.2 cm³/mol. The fourth-order valence-corrected chi connectivity index (χ4v) is 1.95. The van der Waals surface area contributed by atoms with Crippen molar-refractivity contribution in [3.8, 4) is 0 Å². The van der Waals surface area contributed by atoms with Crippen LogP contribution in [-0.2, 0) is 14.3 Å². The highest BCUT2D eigenvalue weighted by molar-refractivity contribution is 6.31. The van der Waals surface area contributed by atoms with Crippen molar-refractivity contribution in [3.05, 3.63) is 28.8 Å². The van der Waals surface area contributed by atoms with Crippen molar-refractivity contribution in [2.45, 2.75) is 19.4 Å². The van der Waals surface area contributed by atoms with Crippen LogP contribution in [0.15, 0.2) is 18.2 Å². The summed E-state index contributed by atoms with van der Waals surface area (Å²) in [5, 5.41) is 5.93. The highest BCUT2D eigenvalue weighted by Crippen LogP contribution is 2.20. The molecule has 6 heteroatoms. The fourth-order valence-electron chi connectivity index (χ4n) is 1.77. The lowest BCUT2D eigenvalue weighted by molar-refractivity contribution is -0.141. The molecule has 1 aromatic rings. The Labute approximate surface area is 116 Å². The van der Waals surface area contributed by atoms with Gasteiger partial charge < -0.3 is 15.4 Å². The van der Waals surface area contributed by atoms with Crippen molar-refractivity contribution in [1.29, 1.82) is 0 Å². The molecular weight excluding hydrogens is 268 g/mol. The predicted octanol–water partition coefficient (Wildman–Crippen LogP) is 1.49. The molecule has 1 heterocycles. The maximum atomic E-state index is 11.8. The minimum absolute atomic E-state index is 0.00265. The maximum absolute atomic E-state index is 11.8. The van der Waals surface area contributed by atoms with Gasteiger partial charge in [0.05, 0.1) is 13.0 Å². The van der Waals surface area contributed by atoms with Gasteiger partial charge in [-0.05, 0) is 24.6 Å². The summed E-state index contributed by atoms with van der Waals surface area (Å²) in [5.41, 5.74) is 1.55. The second kappa shape index (κ2) is 6.04. The lowest BCUT2D eigenvalue weighted by Crippen LogP contribution is -2.45. The Morgan fingerprint density at radius 3 is 3.05 bits per heavy atom. The molecule has 1 atom stereocenters. The third-order valence-electron chi connectivity index (χ3n) is 2.84. The van der Waals surface area contributed by atoms with Gasteiger partial charge in [-0.2, -0.15) is 0 Å². The Balaban J connectivity index is 1.93. The Bertz CT molecular complexity index is 505. The highest BCUT2D eigenvalue weighted by Gasteiger charge is 2.25. The van der Waals surface area contributed by atoms with E-state index in [1.807, 2.05) is 13.0 Å². The number of nitrogens with one attached hydrogen (secondary N) is 2. The number of benzene rings is 1. The molecule has 2 rings (SSSR count). The first-order valence-electron chi connectivity index (χ1n) is 6.01. The number of carbonyl (C=O) groups is 2. The molecule has 0 radical (unpaired) electrons. The fraction of sp³-hybridized carbons (Fsp3) is 0.385. The zero-order chi connectivity index (χ0) is 13.8. The van der Waals surface area contributed by atoms with Gasteiger partial charge in [-0.25, -0.2) is 0 Å². The molecule has 0 aromatic heterocycles. The number of aryl methyl sites for hydroxylation is 1. The topological polar surface area (TPSA) is 67.4 Å². The average Bonchev–Trinajstić information content (AvgIpc) is 2.37. The van der Waals surface area contributed by atoms with Gasteiger partial charge in [0.25, 0.3) is 0 Å². The molecule has 2 amide bonds. The van der Waals surface area contributed by atoms with Crippen LogP contribution in [-0.4, -0.2) is 31.1 Å². The minimum atomic E-state index is -0.713. The van der Waals surface area contributed by atoms with E-state index >= 15 is 0 Å². The first-order valence-corrected chi connectivity index (χ1v) is 6.39. The van der Waals surface area contributed by atoms with E-state index in [-0.39, 0.29) is 18.2 Å². The molecule has 0 unspecified atom stereocenters. The first kappa shape index (κ1) is 13.8. The van der Waals surface area contributed by atoms with E-state index in [4.69, 9.17) is 16.3 Å². The van der Waals surface area contributed by atoms with Crippen LogP contribution in [0.2, 0.25) is 5.02 Å². The lowest BCUT2D eigenvalue weighted by atomic mass is 10.2. The summed E-state index contributed by atoms with van der Waals surface area (Å²) in [6.45, 7) is 2.80. The highest BCUT2D eigenvalue weighted by atomic mass is 35.5. The number of rotatable bonds is 3. The number of anilines is 1. The van der Waals surface area contributed by atoms with E-state index in [1.54, 1.807) is 12.1 Å². The Hall–Kier alpha value is -1.59. The molecule has 1 aromatic carbocycles. The number of ether oxygens (including phenoxy) is 1. The summed E-state index contributed by atoms with van der Waals surface area (Å²) in [5.74, 6) is -0.523. The average molecular weight is 283 g/mol. The molecule has 1 saturated heterocycles. The van der Waals surface area contributed by atoms with Gasteiger partial charge in [-0.1, -0.05) is 17.7 Å². The second-order valence-corrected chi connectivity index (χ2v) is 4.77. The number of morpholine rings is 1. The standard InChI is InChI=1S/C13H15ClN2O3/c1-8-2-3-9(6-10(8)14)16-12(17)7-11-13(18)15-4-5-19-11/h2-3,6,11H,4-5,7H2,1H3,(H,15,18)(H,16,17)/t11-/m0/s1. The summed E-state index contributed by atoms with van der Waals surface area (Å²) in [7, 11) is 0. The molecule has 1 aliphatic heterocycles. The first-order chi connectivity index (χ1) is 9.06. The smallest absolute Gasteiger partial charge is 0.249 e. The van der Waals surface area contributed by atoms with E-state index in [0.29, 0.717) is 23.9 Å². The zero-order valence-corrected chi connectivity index (χ0v) is 11.3. The molecular formula is C13H15ClN2O3. The number of halogens is 1. The quantitative estimate of drug-likeness (QED) is 0.883. The molecule has 0 spiro atoms. The van der Waals surface area contributed by atoms with Crippen molar-refractivity contribution in [1.82, 2.24) is 5.32 Å². The van der Waals surface area contributed by atoms with Gasteiger partial charge in [-0.15, -0.1) is 0 Å². The van der Waals surface area contributed by atoms with E-state index in [9.17, 15) is 9.59 Å². The maximum Gasteiger partial charge on any atom is 0.249 e. The van der Waals surface area contributed by atoms with Gasteiger partial charge in [0, 0.05) is 17.3 Å². The van der Waals surface area contributed by atoms with Crippen LogP contribution in [0.4, 0.5) is 5.69 Å². The molecule has 0 aliphatic carbocycles. The van der Waals surface area contributed by atoms with Gasteiger partial charge in [0.1, 0.15) is 6.10 Å². The molecule has 0 saturated carbocycles. The van der Waals surface area contributed by atoms with Crippen LogP contribution < -0.4 is 10.6 Å². The van der Waals surface area contributed by atoms with E-state index in [0.717, 1.165) is 5.56 Å². The molecule has 0 bridgehead atoms. The van der Waals surface area contributed by atoms with Crippen molar-refractivity contribution in [2.75, 3.05) is 18.5 Å². The van der Waals surface area contributed by atoms with Crippen LogP contribution in [0, 0.1) is 6.92 Å². The summed E-state index contributed by atoms with van der Waals surface area (Å²) in [6.07, 6.45) is -0.716. The SMILES string of the molecule is Cc1ccc(NC(=O)C[C@@H]2OCCNC2=O)cc1Cl. The zero-order valence-electron chi connectivity index (χ0n) is 10.5. The monoisotopic (exact) mass is 282 g/mol. The van der Waals surface area contributed by atoms with E-state index in [1.165, 1.54) is 0 Å². The number of amides is 2. The minimum Gasteiger partial charge on any atom is -0.366 e. The van der Waals surface area contributed by atoms with E-state index < -0.39 is 6.10 Å². The summed E-state index contributed by atoms with van der Waals surface area (Å²) >= 11 is 5.97. The number of carbonyl (C=O) groups excluding carboxylic acids is 2. The van der Waals surface area contributed by atoms with Crippen LogP contribution in [0.3, 0.4) is 0 Å². The largest absolute Gasteiger partial charge is 0.366 e. The van der Waals surface area contributed by atoms with Gasteiger partial charge in [0.15, 0.2) is 0 Å². The normalized spacial score (nSPS) is 18.8. The number of hydrogen-bond acceptors (Lipinski definition) is 3. The molecule has 5 nitrogen and oxygen atoms in total. The van der Waals surface area contributed by atoms with Gasteiger partial charge in [-0.3, -0.25) is 9.59 Å². The van der Waals surface area contributed by atoms with E-state index in [2.05, 4.69) is 10.6 Å². The van der Waals surface area contributed by atoms with Crippen molar-refractivity contribution >= 4 is 29.1 Å². The molecule has 1 aliphatic rings. The third-order valence-corrected chi connectivity index (χ3v) is 3.25. The van der Waals surface area contributed by atoms with Crippen LogP contribution in [0.1, 0.15) is 12.0 Å². The van der Waals surface area contributed by atoms with Crippen molar-refractivity contribution in [2.24, 2.45) is 0 Å². The Kier molecular flexibility index (Phi) is 4.39. The van der Waals surface area contributed by atoms with Crippen LogP contribution >= 0.6 is 11.6 Å². The summed E-state index contributed by atoms with van der Waals surface area (Å²) in [4.78, 5) is 23.3. The molecule has 2 N–H and O–H groups in total. The Morgan fingerprint density at radius 2 is 2.37 bits per heavy atom. The number of hydrogen-bond donors (Lipinski definition) is 2. The van der Waals surface area contributed by atoms with Crippen LogP contribution in [0.25, 0.3) is 0 Å². The molecule has 102 valence electrons. The summed E-state index contributed by atoms with van der Waals surface area (Å²) in [6, 6.07) is 5.26. The van der Waals surface area contributed by atoms with Crippen LogP contribution in [0.5, 0.6) is 0 Å². The summed E-state index contributed by atoms with van der Waals surface area (Å²) < 4.78 is 5.24. The van der Waals surface area contributed by atoms with Gasteiger partial charge >= 0.3 is 0 Å². The van der Waals surface area contributed by atoms with Crippen molar-refractivity contribution < 1.29 is 14.3 Å². The second-order valence-electron chi connectivity index (χ2n) is 4.37. The van der Waals surface area contributed by atoms with Crippen molar-refractivity contribution in [3.63, 3.8) is 0 Å². The Morgan fingerprint density at radius 1 is 1.58 bits per heavy atom.